The predicted octanol–water partition coefficient (Wildman–Crippen LogP) is 4.41. The zero-order valence-electron chi connectivity index (χ0n) is 21.3. The lowest BCUT2D eigenvalue weighted by Crippen LogP contribution is -2.63. The van der Waals surface area contributed by atoms with Gasteiger partial charge in [0, 0.05) is 49.1 Å². The summed E-state index contributed by atoms with van der Waals surface area (Å²) in [6.45, 7) is 12.0. The van der Waals surface area contributed by atoms with Gasteiger partial charge in [0.15, 0.2) is 0 Å². The van der Waals surface area contributed by atoms with Crippen LogP contribution in [-0.2, 0) is 16.8 Å². The molecule has 3 aromatic rings. The fraction of sp³-hybridized carbons (Fsp3) is 0.519. The van der Waals surface area contributed by atoms with Gasteiger partial charge in [0.2, 0.25) is 11.7 Å². The molecule has 7 heteroatoms. The molecule has 0 bridgehead atoms. The fourth-order valence-electron chi connectivity index (χ4n) is 4.99. The van der Waals surface area contributed by atoms with Crippen LogP contribution in [0.3, 0.4) is 0 Å². The molecule has 1 aliphatic rings. The van der Waals surface area contributed by atoms with Gasteiger partial charge in [-0.2, -0.15) is 4.98 Å². The summed E-state index contributed by atoms with van der Waals surface area (Å²) in [6, 6.07) is 10.2. The maximum absolute atomic E-state index is 12.4. The number of rotatable bonds is 8. The Morgan fingerprint density at radius 3 is 2.41 bits per heavy atom. The molecule has 0 saturated carbocycles. The predicted molar refractivity (Wildman–Crippen MR) is 131 cm³/mol. The summed E-state index contributed by atoms with van der Waals surface area (Å²) in [4.78, 5) is 11.2. The van der Waals surface area contributed by atoms with Crippen LogP contribution in [0.25, 0.3) is 11.4 Å². The van der Waals surface area contributed by atoms with E-state index in [0.717, 1.165) is 24.2 Å². The van der Waals surface area contributed by atoms with Crippen molar-refractivity contribution in [2.45, 2.75) is 58.2 Å². The van der Waals surface area contributed by atoms with E-state index in [1.165, 1.54) is 5.56 Å². The number of pyridine rings is 1. The third-order valence-electron chi connectivity index (χ3n) is 7.12. The Morgan fingerprint density at radius 1 is 1.15 bits per heavy atom. The summed E-state index contributed by atoms with van der Waals surface area (Å²) in [6.07, 6.45) is 3.95. The van der Waals surface area contributed by atoms with Gasteiger partial charge < -0.3 is 19.3 Å². The summed E-state index contributed by atoms with van der Waals surface area (Å²) < 4.78 is 11.0. The highest BCUT2D eigenvalue weighted by Gasteiger charge is 2.55. The second-order valence-corrected chi connectivity index (χ2v) is 10.8. The molecule has 7 nitrogen and oxygen atoms in total. The van der Waals surface area contributed by atoms with Crippen LogP contribution in [0, 0.1) is 5.41 Å². The summed E-state index contributed by atoms with van der Waals surface area (Å²) in [5, 5.41) is 16.6. The Morgan fingerprint density at radius 2 is 1.82 bits per heavy atom. The molecule has 0 amide bonds. The van der Waals surface area contributed by atoms with Crippen molar-refractivity contribution in [3.8, 4) is 11.4 Å². The van der Waals surface area contributed by atoms with Crippen LogP contribution in [0.2, 0.25) is 0 Å². The van der Waals surface area contributed by atoms with Gasteiger partial charge >= 0.3 is 0 Å². The Labute approximate surface area is 202 Å². The van der Waals surface area contributed by atoms with Crippen LogP contribution in [0.1, 0.15) is 63.1 Å². The van der Waals surface area contributed by atoms with E-state index < -0.39 is 11.2 Å². The first-order valence-electron chi connectivity index (χ1n) is 11.8. The zero-order valence-corrected chi connectivity index (χ0v) is 21.3. The van der Waals surface area contributed by atoms with Crippen LogP contribution < -0.4 is 0 Å². The minimum atomic E-state index is -1.22. The van der Waals surface area contributed by atoms with Crippen molar-refractivity contribution < 1.29 is 14.4 Å². The first-order chi connectivity index (χ1) is 16.0. The maximum Gasteiger partial charge on any atom is 0.229 e. The molecular weight excluding hydrogens is 428 g/mol. The largest absolute Gasteiger partial charge is 0.380 e. The number of hydrogen-bond acceptors (Lipinski definition) is 7. The average Bonchev–Trinajstić information content (AvgIpc) is 3.25. The molecular formula is C27H36N4O3. The topological polar surface area (TPSA) is 84.5 Å². The molecule has 1 saturated heterocycles. The number of nitrogens with zero attached hydrogens (tertiary/aromatic N) is 4. The van der Waals surface area contributed by atoms with Gasteiger partial charge in [0.05, 0.1) is 12.0 Å². The van der Waals surface area contributed by atoms with Crippen molar-refractivity contribution in [1.82, 2.24) is 20.0 Å². The molecule has 1 fully saturated rings. The molecule has 3 heterocycles. The minimum Gasteiger partial charge on any atom is -0.380 e. The average molecular weight is 465 g/mol. The molecule has 1 N–H and O–H groups in total. The SMILES string of the molecule is COC(C)(C)Cc1nc(-c2cncc(C(O)(c3ccc(C(C)C)cc3)C3(C)CN(C)C3)c2)no1. The molecule has 2 aromatic heterocycles. The van der Waals surface area contributed by atoms with Gasteiger partial charge in [0.1, 0.15) is 5.60 Å². The van der Waals surface area contributed by atoms with E-state index in [-0.39, 0.29) is 5.41 Å². The number of aliphatic hydroxyl groups is 1. The maximum atomic E-state index is 12.4. The molecule has 0 aliphatic carbocycles. The monoisotopic (exact) mass is 464 g/mol. The lowest BCUT2D eigenvalue weighted by atomic mass is 9.62. The highest BCUT2D eigenvalue weighted by molar-refractivity contribution is 5.56. The lowest BCUT2D eigenvalue weighted by Gasteiger charge is -2.55. The molecule has 182 valence electrons. The quantitative estimate of drug-likeness (QED) is 0.528. The van der Waals surface area contributed by atoms with Crippen molar-refractivity contribution in [2.24, 2.45) is 5.41 Å². The van der Waals surface area contributed by atoms with E-state index in [4.69, 9.17) is 9.26 Å². The van der Waals surface area contributed by atoms with Crippen molar-refractivity contribution in [1.29, 1.82) is 0 Å². The van der Waals surface area contributed by atoms with Gasteiger partial charge in [0.25, 0.3) is 0 Å². The van der Waals surface area contributed by atoms with Crippen molar-refractivity contribution in [3.63, 3.8) is 0 Å². The Kier molecular flexibility index (Phi) is 6.40. The smallest absolute Gasteiger partial charge is 0.229 e. The lowest BCUT2D eigenvalue weighted by molar-refractivity contribution is -0.127. The summed E-state index contributed by atoms with van der Waals surface area (Å²) in [5.74, 6) is 1.37. The number of hydrogen-bond donors (Lipinski definition) is 1. The first-order valence-corrected chi connectivity index (χ1v) is 11.8. The number of aromatic nitrogens is 3. The van der Waals surface area contributed by atoms with Crippen molar-refractivity contribution in [2.75, 3.05) is 27.2 Å². The van der Waals surface area contributed by atoms with Gasteiger partial charge in [-0.1, -0.05) is 50.2 Å². The second-order valence-electron chi connectivity index (χ2n) is 10.8. The van der Waals surface area contributed by atoms with E-state index >= 15 is 0 Å². The van der Waals surface area contributed by atoms with Crippen LogP contribution >= 0.6 is 0 Å². The third-order valence-corrected chi connectivity index (χ3v) is 7.12. The number of methoxy groups -OCH3 is 1. The summed E-state index contributed by atoms with van der Waals surface area (Å²) >= 11 is 0. The molecule has 1 aromatic carbocycles. The Balaban J connectivity index is 1.74. The van der Waals surface area contributed by atoms with Crippen LogP contribution in [0.5, 0.6) is 0 Å². The van der Waals surface area contributed by atoms with Crippen molar-refractivity contribution >= 4 is 0 Å². The molecule has 0 spiro atoms. The Bertz CT molecular complexity index is 1130. The summed E-state index contributed by atoms with van der Waals surface area (Å²) in [5.41, 5.74) is 1.54. The van der Waals surface area contributed by atoms with Gasteiger partial charge in [-0.3, -0.25) is 4.98 Å². The van der Waals surface area contributed by atoms with Gasteiger partial charge in [-0.15, -0.1) is 0 Å². The third kappa shape index (κ3) is 4.40. The molecule has 4 rings (SSSR count). The van der Waals surface area contributed by atoms with Crippen molar-refractivity contribution in [3.05, 3.63) is 65.3 Å². The van der Waals surface area contributed by atoms with E-state index in [0.29, 0.717) is 29.6 Å². The molecule has 1 unspecified atom stereocenters. The highest BCUT2D eigenvalue weighted by Crippen LogP contribution is 2.50. The summed E-state index contributed by atoms with van der Waals surface area (Å²) in [7, 11) is 3.73. The van der Waals surface area contributed by atoms with Gasteiger partial charge in [-0.25, -0.2) is 0 Å². The van der Waals surface area contributed by atoms with Crippen LogP contribution in [-0.4, -0.2) is 58.0 Å². The first kappa shape index (κ1) is 24.5. The van der Waals surface area contributed by atoms with Crippen LogP contribution in [0.4, 0.5) is 0 Å². The van der Waals surface area contributed by atoms with E-state index in [1.807, 2.05) is 32.0 Å². The number of likely N-dealkylation sites (tertiary alicyclic amines) is 1. The Hall–Kier alpha value is -2.61. The highest BCUT2D eigenvalue weighted by atomic mass is 16.5. The van der Waals surface area contributed by atoms with Crippen LogP contribution in [0.15, 0.2) is 47.2 Å². The minimum absolute atomic E-state index is 0.369. The molecule has 1 aliphatic heterocycles. The van der Waals surface area contributed by atoms with E-state index in [9.17, 15) is 5.11 Å². The molecule has 1 atom stereocenters. The van der Waals surface area contributed by atoms with Gasteiger partial charge in [-0.05, 0) is 44.0 Å². The van der Waals surface area contributed by atoms with E-state index in [2.05, 4.69) is 60.0 Å². The molecule has 34 heavy (non-hydrogen) atoms. The number of ether oxygens (including phenoxy) is 1. The molecule has 0 radical (unpaired) electrons. The van der Waals surface area contributed by atoms with E-state index in [1.54, 1.807) is 19.5 Å². The zero-order chi connectivity index (χ0) is 24.7. The standard InChI is InChI=1S/C27H36N4O3/c1-18(2)19-8-10-21(11-9-19)27(32,26(5)16-31(6)17-26)22-12-20(14-28-15-22)24-29-23(34-30-24)13-25(3,4)33-7/h8-12,14-15,18,32H,13,16-17H2,1-7H3. The number of benzene rings is 1. The second kappa shape index (κ2) is 8.87. The fourth-order valence-corrected chi connectivity index (χ4v) is 4.99. The normalized spacial score (nSPS) is 18.0.